The highest BCUT2D eigenvalue weighted by Crippen LogP contribution is 2.31. The van der Waals surface area contributed by atoms with Gasteiger partial charge in [-0.3, -0.25) is 10.1 Å². The molecule has 1 fully saturated rings. The van der Waals surface area contributed by atoms with Crippen LogP contribution in [0.1, 0.15) is 19.3 Å². The Hall–Kier alpha value is -1.96. The minimum atomic E-state index is -0.488. The number of aliphatic hydroxyl groups excluding tert-OH is 1. The largest absolute Gasteiger partial charge is 0.394 e. The summed E-state index contributed by atoms with van der Waals surface area (Å²) in [6, 6.07) is -0.118. The number of nitrogens with zero attached hydrogens (tertiary/aromatic N) is 4. The smallest absolute Gasteiger partial charge is 0.329 e. The molecule has 8 nitrogen and oxygen atoms in total. The molecule has 0 aliphatic carbocycles. The van der Waals surface area contributed by atoms with Crippen LogP contribution in [0, 0.1) is 10.1 Å². The Morgan fingerprint density at radius 1 is 1.63 bits per heavy atom. The molecule has 19 heavy (non-hydrogen) atoms. The van der Waals surface area contributed by atoms with Crippen LogP contribution in [-0.2, 0) is 0 Å². The van der Waals surface area contributed by atoms with Gasteiger partial charge < -0.3 is 15.3 Å². The molecule has 2 heterocycles. The van der Waals surface area contributed by atoms with Crippen molar-refractivity contribution >= 4 is 17.5 Å². The van der Waals surface area contributed by atoms with E-state index < -0.39 is 4.92 Å². The van der Waals surface area contributed by atoms with Crippen molar-refractivity contribution in [1.82, 2.24) is 9.97 Å². The molecule has 0 radical (unpaired) electrons. The Morgan fingerprint density at radius 2 is 2.42 bits per heavy atom. The number of piperidine rings is 1. The van der Waals surface area contributed by atoms with Crippen molar-refractivity contribution in [2.75, 3.05) is 30.4 Å². The van der Waals surface area contributed by atoms with Gasteiger partial charge in [0.2, 0.25) is 11.8 Å². The Morgan fingerprint density at radius 3 is 3.05 bits per heavy atom. The minimum absolute atomic E-state index is 0.0317. The number of aliphatic hydroxyl groups is 1. The molecular formula is C11H17N5O3. The first kappa shape index (κ1) is 13.5. The van der Waals surface area contributed by atoms with E-state index >= 15 is 0 Å². The lowest BCUT2D eigenvalue weighted by Gasteiger charge is -2.35. The second kappa shape index (κ2) is 5.79. The number of hydrogen-bond acceptors (Lipinski definition) is 7. The van der Waals surface area contributed by atoms with Gasteiger partial charge in [-0.2, -0.15) is 4.98 Å². The fourth-order valence-electron chi connectivity index (χ4n) is 2.30. The molecule has 1 atom stereocenters. The van der Waals surface area contributed by atoms with Crippen LogP contribution in [0.25, 0.3) is 0 Å². The van der Waals surface area contributed by atoms with Crippen molar-refractivity contribution in [1.29, 1.82) is 0 Å². The Kier molecular flexibility index (Phi) is 4.10. The molecule has 2 rings (SSSR count). The van der Waals surface area contributed by atoms with Gasteiger partial charge in [0.1, 0.15) is 6.20 Å². The van der Waals surface area contributed by atoms with E-state index in [1.807, 2.05) is 4.90 Å². The Labute approximate surface area is 110 Å². The summed E-state index contributed by atoms with van der Waals surface area (Å²) in [4.78, 5) is 20.5. The molecule has 1 unspecified atom stereocenters. The maximum absolute atomic E-state index is 11.1. The van der Waals surface area contributed by atoms with Crippen molar-refractivity contribution in [2.45, 2.75) is 25.3 Å². The van der Waals surface area contributed by atoms with E-state index in [1.165, 1.54) is 6.20 Å². The van der Waals surface area contributed by atoms with Crippen LogP contribution in [-0.4, -0.2) is 46.2 Å². The zero-order chi connectivity index (χ0) is 13.8. The third-order valence-corrected chi connectivity index (χ3v) is 3.28. The number of nitrogens with one attached hydrogen (secondary N) is 1. The maximum atomic E-state index is 11.1. The second-order valence-electron chi connectivity index (χ2n) is 4.44. The van der Waals surface area contributed by atoms with Crippen molar-refractivity contribution in [3.8, 4) is 0 Å². The predicted octanol–water partition coefficient (Wildman–Crippen LogP) is 0.778. The minimum Gasteiger partial charge on any atom is -0.394 e. The maximum Gasteiger partial charge on any atom is 0.329 e. The van der Waals surface area contributed by atoms with Gasteiger partial charge in [-0.25, -0.2) is 4.98 Å². The van der Waals surface area contributed by atoms with Gasteiger partial charge in [0.05, 0.1) is 17.6 Å². The summed E-state index contributed by atoms with van der Waals surface area (Å²) < 4.78 is 0. The Balaban J connectivity index is 2.42. The lowest BCUT2D eigenvalue weighted by molar-refractivity contribution is -0.384. The van der Waals surface area contributed by atoms with Gasteiger partial charge in [0.25, 0.3) is 0 Å². The summed E-state index contributed by atoms with van der Waals surface area (Å²) in [7, 11) is 1.66. The first-order chi connectivity index (χ1) is 9.17. The molecule has 1 saturated heterocycles. The van der Waals surface area contributed by atoms with Gasteiger partial charge in [-0.1, -0.05) is 0 Å². The van der Waals surface area contributed by atoms with Crippen LogP contribution in [0.3, 0.4) is 0 Å². The van der Waals surface area contributed by atoms with E-state index in [0.29, 0.717) is 12.5 Å². The van der Waals surface area contributed by atoms with Crippen molar-refractivity contribution < 1.29 is 10.0 Å². The average Bonchev–Trinajstić information content (AvgIpc) is 2.46. The predicted molar refractivity (Wildman–Crippen MR) is 70.3 cm³/mol. The van der Waals surface area contributed by atoms with E-state index in [4.69, 9.17) is 0 Å². The summed E-state index contributed by atoms with van der Waals surface area (Å²) in [5.41, 5.74) is -0.126. The van der Waals surface area contributed by atoms with E-state index in [2.05, 4.69) is 15.3 Å². The molecule has 0 bridgehead atoms. The summed E-state index contributed by atoms with van der Waals surface area (Å²) in [5, 5.41) is 23.3. The summed E-state index contributed by atoms with van der Waals surface area (Å²) in [5.74, 6) is 0.617. The lowest BCUT2D eigenvalue weighted by atomic mass is 10.0. The van der Waals surface area contributed by atoms with Crippen LogP contribution >= 0.6 is 0 Å². The first-order valence-electron chi connectivity index (χ1n) is 6.24. The molecule has 0 aromatic carbocycles. The molecular weight excluding hydrogens is 250 g/mol. The molecule has 0 spiro atoms. The molecule has 1 aliphatic rings. The van der Waals surface area contributed by atoms with E-state index in [1.54, 1.807) is 7.05 Å². The fourth-order valence-corrected chi connectivity index (χ4v) is 2.30. The normalized spacial score (nSPS) is 19.3. The fraction of sp³-hybridized carbons (Fsp3) is 0.636. The topological polar surface area (TPSA) is 104 Å². The SMILES string of the molecule is CNc1ncc([N+](=O)[O-])c(N2CCCCC2CO)n1. The highest BCUT2D eigenvalue weighted by molar-refractivity contribution is 5.59. The van der Waals surface area contributed by atoms with Gasteiger partial charge in [0.15, 0.2) is 0 Å². The zero-order valence-electron chi connectivity index (χ0n) is 10.7. The van der Waals surface area contributed by atoms with Gasteiger partial charge in [0, 0.05) is 13.6 Å². The van der Waals surface area contributed by atoms with Crippen molar-refractivity contribution in [3.05, 3.63) is 16.3 Å². The Bertz CT molecular complexity index is 468. The summed E-state index contributed by atoms with van der Waals surface area (Å²) >= 11 is 0. The van der Waals surface area contributed by atoms with Crippen LogP contribution in [0.2, 0.25) is 0 Å². The highest BCUT2D eigenvalue weighted by Gasteiger charge is 2.29. The molecule has 8 heteroatoms. The van der Waals surface area contributed by atoms with Crippen LogP contribution < -0.4 is 10.2 Å². The number of anilines is 2. The lowest BCUT2D eigenvalue weighted by Crippen LogP contribution is -2.42. The third kappa shape index (κ3) is 2.73. The highest BCUT2D eigenvalue weighted by atomic mass is 16.6. The van der Waals surface area contributed by atoms with E-state index in [0.717, 1.165) is 19.3 Å². The quantitative estimate of drug-likeness (QED) is 0.613. The number of nitro groups is 1. The average molecular weight is 267 g/mol. The summed E-state index contributed by atoms with van der Waals surface area (Å²) in [6.07, 6.45) is 3.97. The molecule has 2 N–H and O–H groups in total. The van der Waals surface area contributed by atoms with Gasteiger partial charge in [-0.15, -0.1) is 0 Å². The molecule has 104 valence electrons. The van der Waals surface area contributed by atoms with Gasteiger partial charge >= 0.3 is 5.69 Å². The van der Waals surface area contributed by atoms with Crippen LogP contribution in [0.15, 0.2) is 6.20 Å². The molecule has 1 aliphatic heterocycles. The van der Waals surface area contributed by atoms with E-state index in [-0.39, 0.29) is 24.2 Å². The van der Waals surface area contributed by atoms with Crippen molar-refractivity contribution in [2.24, 2.45) is 0 Å². The molecule has 0 amide bonds. The monoisotopic (exact) mass is 267 g/mol. The number of hydrogen-bond donors (Lipinski definition) is 2. The number of rotatable bonds is 4. The molecule has 1 aromatic rings. The first-order valence-corrected chi connectivity index (χ1v) is 6.24. The molecule has 0 saturated carbocycles. The third-order valence-electron chi connectivity index (χ3n) is 3.28. The zero-order valence-corrected chi connectivity index (χ0v) is 10.7. The van der Waals surface area contributed by atoms with Crippen molar-refractivity contribution in [3.63, 3.8) is 0 Å². The second-order valence-corrected chi connectivity index (χ2v) is 4.44. The van der Waals surface area contributed by atoms with E-state index in [9.17, 15) is 15.2 Å². The molecule has 1 aromatic heterocycles. The number of aromatic nitrogens is 2. The standard InChI is InChI=1S/C11H17N5O3/c1-12-11-13-6-9(16(18)19)10(14-11)15-5-3-2-4-8(15)7-17/h6,8,17H,2-5,7H2,1H3,(H,12,13,14). The van der Waals surface area contributed by atoms with Gasteiger partial charge in [-0.05, 0) is 19.3 Å². The van der Waals surface area contributed by atoms with Crippen LogP contribution in [0.5, 0.6) is 0 Å². The van der Waals surface area contributed by atoms with Crippen LogP contribution in [0.4, 0.5) is 17.5 Å². The summed E-state index contributed by atoms with van der Waals surface area (Å²) in [6.45, 7) is 0.627.